The number of benzene rings is 2. The number of hydrogen-bond donors (Lipinski definition) is 1. The summed E-state index contributed by atoms with van der Waals surface area (Å²) in [4.78, 5) is 26.0. The van der Waals surface area contributed by atoms with Crippen molar-refractivity contribution in [1.82, 2.24) is 4.98 Å². The molecule has 1 aromatic heterocycles. The number of nitro groups is 1. The fourth-order valence-corrected chi connectivity index (χ4v) is 2.48. The molecule has 0 atom stereocenters. The number of nitrogens with zero attached hydrogens (tertiary/aromatic N) is 2. The van der Waals surface area contributed by atoms with Gasteiger partial charge in [0.05, 0.1) is 10.6 Å². The van der Waals surface area contributed by atoms with Gasteiger partial charge >= 0.3 is 11.7 Å². The Morgan fingerprint density at radius 3 is 2.39 bits per heavy atom. The maximum Gasteiger partial charge on any atom is 0.311 e. The van der Waals surface area contributed by atoms with E-state index in [2.05, 4.69) is 10.3 Å². The molecule has 0 saturated heterocycles. The third-order valence-corrected chi connectivity index (χ3v) is 3.87. The Hall–Kier alpha value is -3.81. The van der Waals surface area contributed by atoms with E-state index in [9.17, 15) is 19.3 Å². The van der Waals surface area contributed by atoms with E-state index in [1.807, 2.05) is 0 Å². The molecule has 0 amide bonds. The average Bonchev–Trinajstić information content (AvgIpc) is 2.68. The van der Waals surface area contributed by atoms with Crippen LogP contribution in [0.15, 0.2) is 60.7 Å². The first kappa shape index (κ1) is 19.0. The van der Waals surface area contributed by atoms with Gasteiger partial charge in [-0.3, -0.25) is 14.9 Å². The van der Waals surface area contributed by atoms with E-state index in [-0.39, 0.29) is 29.9 Å². The molecule has 3 rings (SSSR count). The normalized spacial score (nSPS) is 10.4. The van der Waals surface area contributed by atoms with Gasteiger partial charge in [0.2, 0.25) is 5.82 Å². The molecular weight excluding hydrogens is 365 g/mol. The molecule has 0 aliphatic carbocycles. The standard InChI is InChI=1S/C20H16FN3O4/c1-13(25)28-12-14-2-8-17(9-3-14)22-20-19(24(26)27)11-10-18(23-20)15-4-6-16(21)7-5-15/h2-11H,12H2,1H3,(H,22,23). The first-order chi connectivity index (χ1) is 13.4. The zero-order chi connectivity index (χ0) is 20.1. The van der Waals surface area contributed by atoms with Gasteiger partial charge in [-0.1, -0.05) is 12.1 Å². The van der Waals surface area contributed by atoms with Gasteiger partial charge in [0.1, 0.15) is 12.4 Å². The average molecular weight is 381 g/mol. The van der Waals surface area contributed by atoms with E-state index >= 15 is 0 Å². The molecule has 2 aromatic carbocycles. The van der Waals surface area contributed by atoms with Crippen LogP contribution in [0.4, 0.5) is 21.6 Å². The molecule has 0 radical (unpaired) electrons. The van der Waals surface area contributed by atoms with Crippen molar-refractivity contribution in [2.75, 3.05) is 5.32 Å². The van der Waals surface area contributed by atoms with Crippen LogP contribution in [0, 0.1) is 15.9 Å². The third kappa shape index (κ3) is 4.67. The van der Waals surface area contributed by atoms with Crippen molar-refractivity contribution >= 4 is 23.2 Å². The molecule has 0 bridgehead atoms. The Morgan fingerprint density at radius 2 is 1.79 bits per heavy atom. The van der Waals surface area contributed by atoms with Crippen molar-refractivity contribution in [2.24, 2.45) is 0 Å². The van der Waals surface area contributed by atoms with Crippen LogP contribution in [0.5, 0.6) is 0 Å². The minimum Gasteiger partial charge on any atom is -0.461 e. The zero-order valence-electron chi connectivity index (χ0n) is 14.9. The molecule has 8 heteroatoms. The molecule has 0 aliphatic heterocycles. The lowest BCUT2D eigenvalue weighted by Crippen LogP contribution is -2.02. The van der Waals surface area contributed by atoms with Crippen LogP contribution in [0.25, 0.3) is 11.3 Å². The highest BCUT2D eigenvalue weighted by Crippen LogP contribution is 2.29. The molecule has 1 N–H and O–H groups in total. The third-order valence-electron chi connectivity index (χ3n) is 3.87. The van der Waals surface area contributed by atoms with Crippen molar-refractivity contribution in [3.8, 4) is 11.3 Å². The Labute approximate surface area is 160 Å². The number of nitrogens with one attached hydrogen (secondary N) is 1. The van der Waals surface area contributed by atoms with Crippen LogP contribution in [-0.2, 0) is 16.1 Å². The summed E-state index contributed by atoms with van der Waals surface area (Å²) in [6.45, 7) is 1.48. The molecular formula is C20H16FN3O4. The number of esters is 1. The van der Waals surface area contributed by atoms with Gasteiger partial charge < -0.3 is 10.1 Å². The first-order valence-corrected chi connectivity index (χ1v) is 8.33. The smallest absolute Gasteiger partial charge is 0.311 e. The zero-order valence-corrected chi connectivity index (χ0v) is 14.9. The lowest BCUT2D eigenvalue weighted by molar-refractivity contribution is -0.384. The summed E-state index contributed by atoms with van der Waals surface area (Å²) in [5.41, 5.74) is 2.28. The minimum absolute atomic E-state index is 0.0690. The van der Waals surface area contributed by atoms with E-state index in [0.717, 1.165) is 5.56 Å². The molecule has 0 spiro atoms. The fourth-order valence-electron chi connectivity index (χ4n) is 2.48. The summed E-state index contributed by atoms with van der Waals surface area (Å²) >= 11 is 0. The van der Waals surface area contributed by atoms with Crippen LogP contribution in [0.2, 0.25) is 0 Å². The number of ether oxygens (including phenoxy) is 1. The molecule has 0 saturated carbocycles. The van der Waals surface area contributed by atoms with Gasteiger partial charge in [0, 0.05) is 24.2 Å². The van der Waals surface area contributed by atoms with Crippen molar-refractivity contribution in [2.45, 2.75) is 13.5 Å². The molecule has 0 fully saturated rings. The van der Waals surface area contributed by atoms with Gasteiger partial charge in [-0.05, 0) is 48.0 Å². The second kappa shape index (κ2) is 8.26. The number of rotatable bonds is 6. The SMILES string of the molecule is CC(=O)OCc1ccc(Nc2nc(-c3ccc(F)cc3)ccc2[N+](=O)[O-])cc1. The van der Waals surface area contributed by atoms with Gasteiger partial charge in [0.25, 0.3) is 0 Å². The van der Waals surface area contributed by atoms with Gasteiger partial charge in [-0.2, -0.15) is 0 Å². The van der Waals surface area contributed by atoms with E-state index in [4.69, 9.17) is 4.74 Å². The summed E-state index contributed by atoms with van der Waals surface area (Å²) in [5.74, 6) is -0.683. The minimum atomic E-state index is -0.529. The molecule has 0 unspecified atom stereocenters. The number of halogens is 1. The molecule has 0 aliphatic rings. The Kier molecular flexibility index (Phi) is 5.59. The maximum absolute atomic E-state index is 13.1. The second-order valence-corrected chi connectivity index (χ2v) is 5.93. The van der Waals surface area contributed by atoms with Crippen LogP contribution in [0.1, 0.15) is 12.5 Å². The summed E-state index contributed by atoms with van der Waals surface area (Å²) < 4.78 is 18.0. The second-order valence-electron chi connectivity index (χ2n) is 5.93. The van der Waals surface area contributed by atoms with E-state index in [1.54, 1.807) is 36.4 Å². The monoisotopic (exact) mass is 381 g/mol. The van der Waals surface area contributed by atoms with Crippen LogP contribution >= 0.6 is 0 Å². The number of carbonyl (C=O) groups is 1. The summed E-state index contributed by atoms with van der Waals surface area (Å²) in [6.07, 6.45) is 0. The number of anilines is 2. The van der Waals surface area contributed by atoms with E-state index < -0.39 is 4.92 Å². The number of hydrogen-bond acceptors (Lipinski definition) is 6. The molecule has 1 heterocycles. The van der Waals surface area contributed by atoms with Crippen LogP contribution in [0.3, 0.4) is 0 Å². The molecule has 142 valence electrons. The molecule has 3 aromatic rings. The summed E-state index contributed by atoms with van der Waals surface area (Å²) in [5, 5.41) is 14.3. The highest BCUT2D eigenvalue weighted by molar-refractivity contribution is 5.71. The van der Waals surface area contributed by atoms with Crippen molar-refractivity contribution in [3.63, 3.8) is 0 Å². The predicted octanol–water partition coefficient (Wildman–Crippen LogP) is 4.60. The largest absolute Gasteiger partial charge is 0.461 e. The van der Waals surface area contributed by atoms with Crippen LogP contribution in [-0.4, -0.2) is 15.9 Å². The Balaban J connectivity index is 1.87. The first-order valence-electron chi connectivity index (χ1n) is 8.33. The van der Waals surface area contributed by atoms with Crippen LogP contribution < -0.4 is 5.32 Å². The topological polar surface area (TPSA) is 94.4 Å². The number of pyridine rings is 1. The maximum atomic E-state index is 13.1. The predicted molar refractivity (Wildman–Crippen MR) is 101 cm³/mol. The Bertz CT molecular complexity index is 1000. The molecule has 28 heavy (non-hydrogen) atoms. The quantitative estimate of drug-likeness (QED) is 0.381. The highest BCUT2D eigenvalue weighted by atomic mass is 19.1. The number of carbonyl (C=O) groups excluding carboxylic acids is 1. The fraction of sp³-hybridized carbons (Fsp3) is 0.100. The molecule has 7 nitrogen and oxygen atoms in total. The lowest BCUT2D eigenvalue weighted by atomic mass is 10.1. The van der Waals surface area contributed by atoms with Crippen molar-refractivity contribution in [1.29, 1.82) is 0 Å². The summed E-state index contributed by atoms with van der Waals surface area (Å²) in [7, 11) is 0. The van der Waals surface area contributed by atoms with Gasteiger partial charge in [-0.15, -0.1) is 0 Å². The van der Waals surface area contributed by atoms with Gasteiger partial charge in [0.15, 0.2) is 0 Å². The highest BCUT2D eigenvalue weighted by Gasteiger charge is 2.17. The van der Waals surface area contributed by atoms with E-state index in [0.29, 0.717) is 16.9 Å². The summed E-state index contributed by atoms with van der Waals surface area (Å²) in [6, 6.07) is 15.4. The van der Waals surface area contributed by atoms with Crippen molar-refractivity contribution in [3.05, 3.63) is 82.2 Å². The number of aromatic nitrogens is 1. The van der Waals surface area contributed by atoms with Gasteiger partial charge in [-0.25, -0.2) is 9.37 Å². The van der Waals surface area contributed by atoms with E-state index in [1.165, 1.54) is 31.2 Å². The van der Waals surface area contributed by atoms with Crippen molar-refractivity contribution < 1.29 is 18.8 Å². The lowest BCUT2D eigenvalue weighted by Gasteiger charge is -2.09. The Morgan fingerprint density at radius 1 is 1.11 bits per heavy atom.